The number of halogens is 1. The van der Waals surface area contributed by atoms with Crippen LogP contribution in [-0.4, -0.2) is 55.9 Å². The van der Waals surface area contributed by atoms with Crippen molar-refractivity contribution in [3.8, 4) is 5.75 Å². The summed E-state index contributed by atoms with van der Waals surface area (Å²) >= 11 is 0. The number of benzene rings is 1. The number of carbonyl (C=O) groups excluding carboxylic acids is 1. The Morgan fingerprint density at radius 3 is 2.39 bits per heavy atom. The third-order valence-electron chi connectivity index (χ3n) is 7.83. The highest BCUT2D eigenvalue weighted by Gasteiger charge is 2.40. The normalized spacial score (nSPS) is 21.3. The Morgan fingerprint density at radius 1 is 1.06 bits per heavy atom. The Morgan fingerprint density at radius 2 is 1.73 bits per heavy atom. The highest BCUT2D eigenvalue weighted by atomic mass is 19.1. The summed E-state index contributed by atoms with van der Waals surface area (Å²) in [5.41, 5.74) is 1.65. The summed E-state index contributed by atoms with van der Waals surface area (Å²) in [5, 5.41) is 0. The summed E-state index contributed by atoms with van der Waals surface area (Å²) in [6, 6.07) is 1.65. The summed E-state index contributed by atoms with van der Waals surface area (Å²) < 4.78 is 33.4. The second-order valence-corrected chi connectivity index (χ2v) is 10.2. The standard InChI is InChI=1S/C27H40FNO4/c1-20(2)27(11-7-8-12-27)33-24-19-23(21-9-5-3-4-6-10-22(21)25(24)28)26(30)32-18-15-29-13-16-31-17-14-29/h19-20H,3-18H2,1-2H3. The summed E-state index contributed by atoms with van der Waals surface area (Å²) in [6.45, 7) is 8.48. The van der Waals surface area contributed by atoms with E-state index in [9.17, 15) is 4.79 Å². The summed E-state index contributed by atoms with van der Waals surface area (Å²) in [5.74, 6) is -0.0889. The van der Waals surface area contributed by atoms with E-state index in [1.54, 1.807) is 6.07 Å². The quantitative estimate of drug-likeness (QED) is 0.514. The minimum atomic E-state index is -0.353. The van der Waals surface area contributed by atoms with Gasteiger partial charge in [0.15, 0.2) is 11.6 Å². The van der Waals surface area contributed by atoms with E-state index >= 15 is 4.39 Å². The van der Waals surface area contributed by atoms with Crippen LogP contribution >= 0.6 is 0 Å². The predicted molar refractivity (Wildman–Crippen MR) is 126 cm³/mol. The first kappa shape index (κ1) is 24.5. The first-order valence-corrected chi connectivity index (χ1v) is 13.0. The highest BCUT2D eigenvalue weighted by molar-refractivity contribution is 5.92. The SMILES string of the molecule is CC(C)C1(Oc2cc(C(=O)OCCN3CCOCC3)c3c(c2F)CCCCCC3)CCCC1. The molecule has 1 aliphatic heterocycles. The van der Waals surface area contributed by atoms with Crippen molar-refractivity contribution in [2.24, 2.45) is 5.92 Å². The Kier molecular flexibility index (Phi) is 8.29. The van der Waals surface area contributed by atoms with Crippen molar-refractivity contribution in [1.29, 1.82) is 0 Å². The molecule has 33 heavy (non-hydrogen) atoms. The van der Waals surface area contributed by atoms with Gasteiger partial charge in [-0.2, -0.15) is 0 Å². The molecule has 1 saturated carbocycles. The van der Waals surface area contributed by atoms with Crippen molar-refractivity contribution < 1.29 is 23.4 Å². The number of hydrogen-bond donors (Lipinski definition) is 0. The smallest absolute Gasteiger partial charge is 0.338 e. The maximum Gasteiger partial charge on any atom is 0.338 e. The molecule has 0 unspecified atom stereocenters. The lowest BCUT2D eigenvalue weighted by Gasteiger charge is -2.35. The molecule has 1 aromatic rings. The van der Waals surface area contributed by atoms with E-state index in [2.05, 4.69) is 18.7 Å². The molecule has 6 heteroatoms. The van der Waals surface area contributed by atoms with Gasteiger partial charge in [0.2, 0.25) is 0 Å². The van der Waals surface area contributed by atoms with E-state index in [-0.39, 0.29) is 29.1 Å². The maximum atomic E-state index is 15.8. The van der Waals surface area contributed by atoms with Crippen molar-refractivity contribution in [1.82, 2.24) is 4.90 Å². The first-order chi connectivity index (χ1) is 16.0. The molecule has 0 spiro atoms. The molecular formula is C27H40FNO4. The van der Waals surface area contributed by atoms with Crippen molar-refractivity contribution in [2.45, 2.75) is 83.7 Å². The lowest BCUT2D eigenvalue weighted by Crippen LogP contribution is -2.39. The van der Waals surface area contributed by atoms with Gasteiger partial charge < -0.3 is 14.2 Å². The lowest BCUT2D eigenvalue weighted by atomic mass is 9.87. The van der Waals surface area contributed by atoms with Crippen LogP contribution < -0.4 is 4.74 Å². The first-order valence-electron chi connectivity index (χ1n) is 13.0. The fourth-order valence-electron chi connectivity index (χ4n) is 5.64. The Balaban J connectivity index is 1.59. The lowest BCUT2D eigenvalue weighted by molar-refractivity contribution is 0.0187. The van der Waals surface area contributed by atoms with Crippen molar-refractivity contribution >= 4 is 5.97 Å². The van der Waals surface area contributed by atoms with E-state index in [1.165, 1.54) is 0 Å². The molecule has 2 aliphatic carbocycles. The van der Waals surface area contributed by atoms with Gasteiger partial charge in [0.25, 0.3) is 0 Å². The third-order valence-corrected chi connectivity index (χ3v) is 7.83. The van der Waals surface area contributed by atoms with Gasteiger partial charge in [0.1, 0.15) is 12.2 Å². The Hall–Kier alpha value is -1.66. The zero-order chi connectivity index (χ0) is 23.3. The van der Waals surface area contributed by atoms with Crippen LogP contribution in [0.5, 0.6) is 5.75 Å². The fourth-order valence-corrected chi connectivity index (χ4v) is 5.64. The molecule has 1 aromatic carbocycles. The van der Waals surface area contributed by atoms with Gasteiger partial charge in [-0.1, -0.05) is 26.7 Å². The topological polar surface area (TPSA) is 48.0 Å². The molecule has 0 bridgehead atoms. The molecule has 5 nitrogen and oxygen atoms in total. The summed E-state index contributed by atoms with van der Waals surface area (Å²) in [4.78, 5) is 15.5. The van der Waals surface area contributed by atoms with Crippen LogP contribution in [0.1, 0.15) is 86.7 Å². The van der Waals surface area contributed by atoms with Crippen LogP contribution in [0.3, 0.4) is 0 Å². The van der Waals surface area contributed by atoms with E-state index in [0.717, 1.165) is 89.7 Å². The molecule has 184 valence electrons. The molecule has 0 N–H and O–H groups in total. The monoisotopic (exact) mass is 461 g/mol. The van der Waals surface area contributed by atoms with E-state index < -0.39 is 0 Å². The number of morpholine rings is 1. The van der Waals surface area contributed by atoms with Crippen LogP contribution in [-0.2, 0) is 22.3 Å². The molecule has 2 fully saturated rings. The minimum Gasteiger partial charge on any atom is -0.484 e. The maximum absolute atomic E-state index is 15.8. The number of ether oxygens (including phenoxy) is 3. The Labute approximate surface area is 198 Å². The average molecular weight is 462 g/mol. The third kappa shape index (κ3) is 5.71. The predicted octanol–water partition coefficient (Wildman–Crippen LogP) is 5.32. The molecule has 0 aromatic heterocycles. The average Bonchev–Trinajstić information content (AvgIpc) is 3.27. The number of hydrogen-bond acceptors (Lipinski definition) is 5. The van der Waals surface area contributed by atoms with Crippen molar-refractivity contribution in [3.05, 3.63) is 28.6 Å². The van der Waals surface area contributed by atoms with Gasteiger partial charge in [-0.05, 0) is 74.5 Å². The number of nitrogens with zero attached hydrogens (tertiary/aromatic N) is 1. The van der Waals surface area contributed by atoms with Crippen LogP contribution in [0.4, 0.5) is 4.39 Å². The summed E-state index contributed by atoms with van der Waals surface area (Å²) in [6.07, 6.45) is 9.55. The molecular weight excluding hydrogens is 421 g/mol. The van der Waals surface area contributed by atoms with Gasteiger partial charge >= 0.3 is 5.97 Å². The van der Waals surface area contributed by atoms with Gasteiger partial charge in [-0.25, -0.2) is 9.18 Å². The van der Waals surface area contributed by atoms with E-state index in [4.69, 9.17) is 14.2 Å². The molecule has 1 heterocycles. The molecule has 4 rings (SSSR count). The fraction of sp³-hybridized carbons (Fsp3) is 0.741. The molecule has 1 saturated heterocycles. The van der Waals surface area contributed by atoms with E-state index in [0.29, 0.717) is 30.7 Å². The number of carbonyl (C=O) groups is 1. The number of esters is 1. The molecule has 0 atom stereocenters. The van der Waals surface area contributed by atoms with Crippen molar-refractivity contribution in [3.63, 3.8) is 0 Å². The number of rotatable bonds is 7. The second-order valence-electron chi connectivity index (χ2n) is 10.2. The zero-order valence-corrected chi connectivity index (χ0v) is 20.4. The van der Waals surface area contributed by atoms with Crippen LogP contribution in [0.25, 0.3) is 0 Å². The Bertz CT molecular complexity index is 813. The highest BCUT2D eigenvalue weighted by Crippen LogP contribution is 2.42. The molecule has 0 amide bonds. The van der Waals surface area contributed by atoms with Gasteiger partial charge in [0.05, 0.1) is 18.8 Å². The molecule has 3 aliphatic rings. The second kappa shape index (κ2) is 11.2. The summed E-state index contributed by atoms with van der Waals surface area (Å²) in [7, 11) is 0. The minimum absolute atomic E-state index is 0.241. The van der Waals surface area contributed by atoms with Gasteiger partial charge in [-0.3, -0.25) is 4.90 Å². The van der Waals surface area contributed by atoms with E-state index in [1.807, 2.05) is 0 Å². The molecule has 0 radical (unpaired) electrons. The van der Waals surface area contributed by atoms with Gasteiger partial charge in [0, 0.05) is 19.6 Å². The number of fused-ring (bicyclic) bond motifs is 1. The van der Waals surface area contributed by atoms with Crippen LogP contribution in [0.15, 0.2) is 6.07 Å². The van der Waals surface area contributed by atoms with Crippen LogP contribution in [0, 0.1) is 11.7 Å². The van der Waals surface area contributed by atoms with Crippen molar-refractivity contribution in [2.75, 3.05) is 39.5 Å². The van der Waals surface area contributed by atoms with Crippen LogP contribution in [0.2, 0.25) is 0 Å². The largest absolute Gasteiger partial charge is 0.484 e. The zero-order valence-electron chi connectivity index (χ0n) is 20.4. The van der Waals surface area contributed by atoms with Gasteiger partial charge in [-0.15, -0.1) is 0 Å².